The van der Waals surface area contributed by atoms with E-state index in [1.165, 1.54) is 0 Å². The van der Waals surface area contributed by atoms with Crippen LogP contribution >= 0.6 is 0 Å². The van der Waals surface area contributed by atoms with Crippen LogP contribution in [0.2, 0.25) is 0 Å². The molecule has 0 aliphatic carbocycles. The number of hydrogen-bond donors (Lipinski definition) is 1. The molecule has 0 bridgehead atoms. The summed E-state index contributed by atoms with van der Waals surface area (Å²) >= 11 is 0. The van der Waals surface area contributed by atoms with Gasteiger partial charge in [-0.15, -0.1) is 5.10 Å². The van der Waals surface area contributed by atoms with Crippen LogP contribution in [0.15, 0.2) is 49.6 Å². The second kappa shape index (κ2) is 5.35. The Morgan fingerprint density at radius 1 is 1.25 bits per heavy atom. The molecule has 7 nitrogen and oxygen atoms in total. The van der Waals surface area contributed by atoms with Crippen molar-refractivity contribution in [1.29, 1.82) is 0 Å². The Kier molecular flexibility index (Phi) is 3.24. The topological polar surface area (TPSA) is 73.5 Å². The molecular formula is C13H13N7. The third-order valence-corrected chi connectivity index (χ3v) is 2.82. The molecular weight excluding hydrogens is 254 g/mol. The fourth-order valence-electron chi connectivity index (χ4n) is 1.78. The van der Waals surface area contributed by atoms with Crippen molar-refractivity contribution in [3.05, 3.63) is 55.1 Å². The quantitative estimate of drug-likeness (QED) is 0.759. The van der Waals surface area contributed by atoms with Gasteiger partial charge < -0.3 is 5.32 Å². The summed E-state index contributed by atoms with van der Waals surface area (Å²) in [7, 11) is 0. The molecule has 2 heterocycles. The zero-order valence-corrected chi connectivity index (χ0v) is 10.7. The molecule has 0 amide bonds. The van der Waals surface area contributed by atoms with Crippen molar-refractivity contribution in [2.45, 2.75) is 6.54 Å². The van der Waals surface area contributed by atoms with Crippen molar-refractivity contribution < 1.29 is 0 Å². The predicted octanol–water partition coefficient (Wildman–Crippen LogP) is 1.57. The monoisotopic (exact) mass is 267 g/mol. The second-order valence-electron chi connectivity index (χ2n) is 4.17. The summed E-state index contributed by atoms with van der Waals surface area (Å²) < 4.78 is 3.29. The van der Waals surface area contributed by atoms with Gasteiger partial charge in [-0.25, -0.2) is 9.36 Å². The molecule has 3 aromatic rings. The molecule has 0 saturated heterocycles. The Morgan fingerprint density at radius 3 is 2.75 bits per heavy atom. The molecule has 1 aromatic carbocycles. The minimum Gasteiger partial charge on any atom is -0.381 e. The summed E-state index contributed by atoms with van der Waals surface area (Å²) in [5.41, 5.74) is 3.03. The van der Waals surface area contributed by atoms with E-state index < -0.39 is 0 Å². The molecule has 3 rings (SSSR count). The third-order valence-electron chi connectivity index (χ3n) is 2.82. The van der Waals surface area contributed by atoms with E-state index in [1.807, 2.05) is 36.7 Å². The van der Waals surface area contributed by atoms with Gasteiger partial charge >= 0.3 is 0 Å². The van der Waals surface area contributed by atoms with Crippen molar-refractivity contribution >= 4 is 11.9 Å². The Morgan fingerprint density at radius 2 is 2.10 bits per heavy atom. The van der Waals surface area contributed by atoms with Crippen LogP contribution in [0.25, 0.3) is 11.9 Å². The number of hydrogen-bond acceptors (Lipinski definition) is 5. The lowest BCUT2D eigenvalue weighted by Crippen LogP contribution is -1.99. The van der Waals surface area contributed by atoms with E-state index in [4.69, 9.17) is 0 Å². The lowest BCUT2D eigenvalue weighted by molar-refractivity contribution is 0.789. The van der Waals surface area contributed by atoms with E-state index in [0.717, 1.165) is 16.9 Å². The van der Waals surface area contributed by atoms with Gasteiger partial charge in [0.05, 0.1) is 11.9 Å². The van der Waals surface area contributed by atoms with Crippen molar-refractivity contribution in [2.24, 2.45) is 0 Å². The second-order valence-corrected chi connectivity index (χ2v) is 4.17. The van der Waals surface area contributed by atoms with Gasteiger partial charge in [0.2, 0.25) is 0 Å². The number of rotatable bonds is 5. The van der Waals surface area contributed by atoms with Gasteiger partial charge in [-0.05, 0) is 34.7 Å². The molecule has 7 heteroatoms. The fraction of sp³-hybridized carbons (Fsp3) is 0.0769. The molecule has 100 valence electrons. The number of tetrazole rings is 1. The summed E-state index contributed by atoms with van der Waals surface area (Å²) in [5.74, 6) is 0. The van der Waals surface area contributed by atoms with E-state index in [0.29, 0.717) is 6.54 Å². The standard InChI is InChI=1S/C13H13N7/c1-2-19-9-11(8-16-19)7-14-12-3-5-13(6-4-12)20-10-15-17-18-20/h2-6,8-10,14H,1,7H2. The lowest BCUT2D eigenvalue weighted by Gasteiger charge is -2.05. The third kappa shape index (κ3) is 2.56. The average molecular weight is 267 g/mol. The average Bonchev–Trinajstić information content (AvgIpc) is 3.17. The fourth-order valence-corrected chi connectivity index (χ4v) is 1.78. The first-order valence-electron chi connectivity index (χ1n) is 6.08. The van der Waals surface area contributed by atoms with Gasteiger partial charge in [0, 0.05) is 30.2 Å². The molecule has 0 spiro atoms. The first-order valence-corrected chi connectivity index (χ1v) is 6.08. The molecule has 0 fully saturated rings. The maximum absolute atomic E-state index is 4.13. The summed E-state index contributed by atoms with van der Waals surface area (Å²) in [6, 6.07) is 7.86. The first kappa shape index (κ1) is 12.1. The first-order chi connectivity index (χ1) is 9.85. The van der Waals surface area contributed by atoms with Gasteiger partial charge in [0.1, 0.15) is 6.33 Å². The highest BCUT2D eigenvalue weighted by Gasteiger charge is 1.99. The summed E-state index contributed by atoms with van der Waals surface area (Å²) in [4.78, 5) is 0. The zero-order chi connectivity index (χ0) is 13.8. The molecule has 2 aromatic heterocycles. The Bertz CT molecular complexity index is 682. The summed E-state index contributed by atoms with van der Waals surface area (Å²) in [6.45, 7) is 4.36. The molecule has 0 radical (unpaired) electrons. The molecule has 20 heavy (non-hydrogen) atoms. The Balaban J connectivity index is 1.65. The van der Waals surface area contributed by atoms with Gasteiger partial charge in [-0.2, -0.15) is 5.10 Å². The van der Waals surface area contributed by atoms with Crippen LogP contribution < -0.4 is 5.32 Å². The van der Waals surface area contributed by atoms with E-state index in [1.54, 1.807) is 21.9 Å². The normalized spacial score (nSPS) is 10.4. The molecule has 1 N–H and O–H groups in total. The van der Waals surface area contributed by atoms with Crippen LogP contribution in [-0.4, -0.2) is 30.0 Å². The van der Waals surface area contributed by atoms with Crippen molar-refractivity contribution in [1.82, 2.24) is 30.0 Å². The van der Waals surface area contributed by atoms with Crippen LogP contribution in [0.1, 0.15) is 5.56 Å². The smallest absolute Gasteiger partial charge is 0.143 e. The van der Waals surface area contributed by atoms with Gasteiger partial charge in [-0.1, -0.05) is 6.58 Å². The van der Waals surface area contributed by atoms with Crippen LogP contribution in [0.5, 0.6) is 0 Å². The maximum atomic E-state index is 4.13. The van der Waals surface area contributed by atoms with Crippen LogP contribution in [0.3, 0.4) is 0 Å². The number of benzene rings is 1. The highest BCUT2D eigenvalue weighted by Crippen LogP contribution is 2.13. The number of anilines is 1. The maximum Gasteiger partial charge on any atom is 0.143 e. The van der Waals surface area contributed by atoms with Crippen LogP contribution in [0, 0.1) is 0 Å². The van der Waals surface area contributed by atoms with Gasteiger partial charge in [0.25, 0.3) is 0 Å². The number of nitrogens with zero attached hydrogens (tertiary/aromatic N) is 6. The summed E-state index contributed by atoms with van der Waals surface area (Å²) in [6.07, 6.45) is 6.95. The highest BCUT2D eigenvalue weighted by atomic mass is 15.5. The largest absolute Gasteiger partial charge is 0.381 e. The molecule has 0 aliphatic rings. The molecule has 0 aliphatic heterocycles. The van der Waals surface area contributed by atoms with E-state index >= 15 is 0 Å². The summed E-state index contributed by atoms with van der Waals surface area (Å²) in [5, 5.41) is 18.5. The molecule has 0 saturated carbocycles. The van der Waals surface area contributed by atoms with Gasteiger partial charge in [0.15, 0.2) is 0 Å². The highest BCUT2D eigenvalue weighted by molar-refractivity contribution is 5.48. The minimum absolute atomic E-state index is 0.706. The van der Waals surface area contributed by atoms with Gasteiger partial charge in [-0.3, -0.25) is 0 Å². The Labute approximate surface area is 115 Å². The predicted molar refractivity (Wildman–Crippen MR) is 75.1 cm³/mol. The zero-order valence-electron chi connectivity index (χ0n) is 10.7. The van der Waals surface area contributed by atoms with E-state index in [2.05, 4.69) is 32.5 Å². The van der Waals surface area contributed by atoms with Crippen LogP contribution in [0.4, 0.5) is 5.69 Å². The van der Waals surface area contributed by atoms with Crippen molar-refractivity contribution in [3.8, 4) is 5.69 Å². The van der Waals surface area contributed by atoms with Crippen molar-refractivity contribution in [2.75, 3.05) is 5.32 Å². The lowest BCUT2D eigenvalue weighted by atomic mass is 10.2. The van der Waals surface area contributed by atoms with E-state index in [-0.39, 0.29) is 0 Å². The molecule has 0 atom stereocenters. The molecule has 0 unspecified atom stereocenters. The van der Waals surface area contributed by atoms with E-state index in [9.17, 15) is 0 Å². The van der Waals surface area contributed by atoms with Crippen molar-refractivity contribution in [3.63, 3.8) is 0 Å². The Hall–Kier alpha value is -2.96. The number of nitrogens with one attached hydrogen (secondary N) is 1. The van der Waals surface area contributed by atoms with Crippen LogP contribution in [-0.2, 0) is 6.54 Å². The number of aromatic nitrogens is 6. The minimum atomic E-state index is 0.706. The SMILES string of the molecule is C=Cn1cc(CNc2ccc(-n3cnnn3)cc2)cn1.